The first-order valence-electron chi connectivity index (χ1n) is 11.8. The summed E-state index contributed by atoms with van der Waals surface area (Å²) >= 11 is 12.0. The van der Waals surface area contributed by atoms with Crippen LogP contribution in [0.25, 0.3) is 0 Å². The van der Waals surface area contributed by atoms with E-state index in [1.165, 1.54) is 34.6 Å². The number of halogens is 2. The number of aliphatic hydroxyl groups is 1. The molecule has 36 heavy (non-hydrogen) atoms. The monoisotopic (exact) mass is 556 g/mol. The number of sulfonamides is 1. The lowest BCUT2D eigenvalue weighted by Crippen LogP contribution is -2.33. The highest BCUT2D eigenvalue weighted by Crippen LogP contribution is 2.31. The molecule has 2 aromatic rings. The van der Waals surface area contributed by atoms with Gasteiger partial charge in [0, 0.05) is 35.2 Å². The molecule has 0 unspecified atom stereocenters. The zero-order chi connectivity index (χ0) is 27.1. The third-order valence-corrected chi connectivity index (χ3v) is 7.55. The maximum absolute atomic E-state index is 13.4. The molecule has 0 saturated carbocycles. The van der Waals surface area contributed by atoms with Gasteiger partial charge in [-0.05, 0) is 62.1 Å². The Kier molecular flexibility index (Phi) is 14.3. The summed E-state index contributed by atoms with van der Waals surface area (Å²) in [5.41, 5.74) is 0.747. The third kappa shape index (κ3) is 8.90. The van der Waals surface area contributed by atoms with Crippen molar-refractivity contribution in [2.45, 2.75) is 51.0 Å². The Morgan fingerprint density at radius 2 is 1.61 bits per heavy atom. The molecule has 0 aliphatic carbocycles. The lowest BCUT2D eigenvalue weighted by atomic mass is 10.2. The molecule has 3 rings (SSSR count). The minimum atomic E-state index is -3.95. The number of hydrogen-bond acceptors (Lipinski definition) is 5. The van der Waals surface area contributed by atoms with Gasteiger partial charge in [0.2, 0.25) is 0 Å². The van der Waals surface area contributed by atoms with Crippen molar-refractivity contribution in [3.8, 4) is 12.8 Å². The van der Waals surface area contributed by atoms with Gasteiger partial charge >= 0.3 is 6.09 Å². The summed E-state index contributed by atoms with van der Waals surface area (Å²) in [4.78, 5) is 13.8. The van der Waals surface area contributed by atoms with Crippen molar-refractivity contribution < 1.29 is 23.1 Å². The van der Waals surface area contributed by atoms with Gasteiger partial charge in [0.15, 0.2) is 0 Å². The van der Waals surface area contributed by atoms with E-state index in [1.807, 2.05) is 13.8 Å². The predicted molar refractivity (Wildman–Crippen MR) is 146 cm³/mol. The second-order valence-electron chi connectivity index (χ2n) is 7.48. The number of likely N-dealkylation sites (tertiary alicyclic amines) is 1. The number of carbonyl (C=O) groups excluding carboxylic acids is 1. The molecular formula is C26H34Cl2N2O5S. The van der Waals surface area contributed by atoms with Crippen molar-refractivity contribution >= 4 is 45.0 Å². The van der Waals surface area contributed by atoms with E-state index < -0.39 is 10.0 Å². The van der Waals surface area contributed by atoms with Crippen molar-refractivity contribution in [3.05, 3.63) is 58.1 Å². The van der Waals surface area contributed by atoms with Crippen molar-refractivity contribution in [1.29, 1.82) is 0 Å². The highest BCUT2D eigenvalue weighted by atomic mass is 35.5. The number of amides is 1. The van der Waals surface area contributed by atoms with Gasteiger partial charge in [-0.1, -0.05) is 43.1 Å². The van der Waals surface area contributed by atoms with Crippen LogP contribution in [0.2, 0.25) is 10.0 Å². The molecule has 1 amide bonds. The van der Waals surface area contributed by atoms with Crippen LogP contribution in [-0.4, -0.2) is 50.8 Å². The maximum atomic E-state index is 13.4. The number of ether oxygens (including phenoxy) is 1. The largest absolute Gasteiger partial charge is 0.449 e. The van der Waals surface area contributed by atoms with Gasteiger partial charge in [0.1, 0.15) is 0 Å². The van der Waals surface area contributed by atoms with E-state index in [0.717, 1.165) is 12.8 Å². The number of benzene rings is 2. The van der Waals surface area contributed by atoms with Crippen molar-refractivity contribution in [3.63, 3.8) is 0 Å². The summed E-state index contributed by atoms with van der Waals surface area (Å²) in [6.45, 7) is 5.41. The molecule has 7 nitrogen and oxygen atoms in total. The van der Waals surface area contributed by atoms with Crippen LogP contribution in [0.5, 0.6) is 0 Å². The predicted octanol–water partition coefficient (Wildman–Crippen LogP) is 5.97. The molecule has 0 spiro atoms. The molecular weight excluding hydrogens is 523 g/mol. The highest BCUT2D eigenvalue weighted by molar-refractivity contribution is 7.92. The van der Waals surface area contributed by atoms with Crippen LogP contribution >= 0.6 is 23.2 Å². The van der Waals surface area contributed by atoms with Gasteiger partial charge in [-0.2, -0.15) is 0 Å². The molecule has 10 heteroatoms. The van der Waals surface area contributed by atoms with E-state index >= 15 is 0 Å². The summed E-state index contributed by atoms with van der Waals surface area (Å²) in [7, 11) is -3.95. The number of rotatable bonds is 9. The smallest absolute Gasteiger partial charge is 0.409 e. The SMILES string of the molecule is C#C.CC.O=C(OCCCCN(c1cc(Cl)ccc1CO)S(=O)(=O)c1ccc(Cl)cc1)N1CCCC1. The number of carbonyl (C=O) groups is 1. The lowest BCUT2D eigenvalue weighted by Gasteiger charge is -2.27. The van der Waals surface area contributed by atoms with E-state index in [-0.39, 0.29) is 30.7 Å². The Morgan fingerprint density at radius 3 is 2.19 bits per heavy atom. The van der Waals surface area contributed by atoms with E-state index in [4.69, 9.17) is 27.9 Å². The molecule has 1 saturated heterocycles. The normalized spacial score (nSPS) is 12.6. The molecule has 198 valence electrons. The minimum absolute atomic E-state index is 0.0752. The molecule has 0 aromatic heterocycles. The van der Waals surface area contributed by atoms with Gasteiger partial charge < -0.3 is 14.7 Å². The van der Waals surface area contributed by atoms with Crippen LogP contribution in [0.15, 0.2) is 47.4 Å². The standard InChI is InChI=1S/C22H26Cl2N2O5S.C2H6.C2H2/c23-18-7-9-20(10-8-18)32(29,30)26(21-15-19(24)6-5-17(21)16-27)13-3-4-14-31-22(28)25-11-1-2-12-25;2*1-2/h5-10,15,27H,1-4,11-14,16H2;1-2H3;1-2H. The molecule has 2 aromatic carbocycles. The first-order chi connectivity index (χ1) is 17.3. The molecule has 1 N–H and O–H groups in total. The molecule has 1 fully saturated rings. The number of hydrogen-bond donors (Lipinski definition) is 1. The average molecular weight is 558 g/mol. The van der Waals surface area contributed by atoms with E-state index in [2.05, 4.69) is 12.8 Å². The Hall–Kier alpha value is -2.44. The van der Waals surface area contributed by atoms with Crippen LogP contribution in [0.3, 0.4) is 0 Å². The Bertz CT molecular complexity index is 1070. The van der Waals surface area contributed by atoms with Gasteiger partial charge in [0.25, 0.3) is 10.0 Å². The highest BCUT2D eigenvalue weighted by Gasteiger charge is 2.27. The molecule has 0 bridgehead atoms. The Balaban J connectivity index is 0.00000154. The zero-order valence-electron chi connectivity index (χ0n) is 20.7. The summed E-state index contributed by atoms with van der Waals surface area (Å²) in [5.74, 6) is 0. The van der Waals surface area contributed by atoms with Crippen LogP contribution < -0.4 is 4.31 Å². The zero-order valence-corrected chi connectivity index (χ0v) is 23.0. The first-order valence-corrected chi connectivity index (χ1v) is 13.9. The van der Waals surface area contributed by atoms with Crippen molar-refractivity contribution in [2.75, 3.05) is 30.5 Å². The molecule has 1 aliphatic heterocycles. The average Bonchev–Trinajstić information content (AvgIpc) is 3.44. The second kappa shape index (κ2) is 16.3. The fraction of sp³-hybridized carbons (Fsp3) is 0.423. The minimum Gasteiger partial charge on any atom is -0.449 e. The first kappa shape index (κ1) is 31.6. The molecule has 1 aliphatic rings. The second-order valence-corrected chi connectivity index (χ2v) is 10.2. The number of nitrogens with zero attached hydrogens (tertiary/aromatic N) is 2. The maximum Gasteiger partial charge on any atom is 0.409 e. The summed E-state index contributed by atoms with van der Waals surface area (Å²) < 4.78 is 33.4. The van der Waals surface area contributed by atoms with Crippen molar-refractivity contribution in [2.24, 2.45) is 0 Å². The lowest BCUT2D eigenvalue weighted by molar-refractivity contribution is 0.109. The summed E-state index contributed by atoms with van der Waals surface area (Å²) in [6, 6.07) is 10.6. The van der Waals surface area contributed by atoms with Gasteiger partial charge in [0.05, 0.1) is 23.8 Å². The topological polar surface area (TPSA) is 87.1 Å². The quantitative estimate of drug-likeness (QED) is 0.303. The van der Waals surface area contributed by atoms with Gasteiger partial charge in [-0.3, -0.25) is 4.31 Å². The Labute approximate surface area is 225 Å². The molecule has 1 heterocycles. The fourth-order valence-corrected chi connectivity index (χ4v) is 5.34. The van der Waals surface area contributed by atoms with E-state index in [1.54, 1.807) is 17.0 Å². The number of aliphatic hydroxyl groups excluding tert-OH is 1. The number of unbranched alkanes of at least 4 members (excludes halogenated alkanes) is 1. The van der Waals surface area contributed by atoms with Crippen molar-refractivity contribution in [1.82, 2.24) is 4.90 Å². The Morgan fingerprint density at radius 1 is 1.03 bits per heavy atom. The summed E-state index contributed by atoms with van der Waals surface area (Å²) in [6.07, 6.45) is 10.6. The van der Waals surface area contributed by atoms with Crippen LogP contribution in [0.4, 0.5) is 10.5 Å². The molecule has 0 atom stereocenters. The third-order valence-electron chi connectivity index (χ3n) is 5.23. The van der Waals surface area contributed by atoms with E-state index in [0.29, 0.717) is 47.2 Å². The van der Waals surface area contributed by atoms with Crippen LogP contribution in [0, 0.1) is 12.8 Å². The number of terminal acetylenes is 1. The number of anilines is 1. The van der Waals surface area contributed by atoms with Crippen LogP contribution in [0.1, 0.15) is 45.1 Å². The van der Waals surface area contributed by atoms with Gasteiger partial charge in [-0.25, -0.2) is 13.2 Å². The fourth-order valence-electron chi connectivity index (χ4n) is 3.51. The van der Waals surface area contributed by atoms with E-state index in [9.17, 15) is 18.3 Å². The van der Waals surface area contributed by atoms with Gasteiger partial charge in [-0.15, -0.1) is 12.8 Å². The summed E-state index contributed by atoms with van der Waals surface area (Å²) in [5, 5.41) is 10.5. The van der Waals surface area contributed by atoms with Crippen LogP contribution in [-0.2, 0) is 21.4 Å². The molecule has 0 radical (unpaired) electrons.